The number of aryl methyl sites for hydroxylation is 1. The molecule has 1 fully saturated rings. The molecule has 5 heteroatoms. The quantitative estimate of drug-likeness (QED) is 0.851. The molecule has 5 nitrogen and oxygen atoms in total. The number of benzene rings is 2. The van der Waals surface area contributed by atoms with Crippen molar-refractivity contribution in [2.24, 2.45) is 0 Å². The molecule has 0 aromatic heterocycles. The number of hydrogen-bond donors (Lipinski definition) is 0. The van der Waals surface area contributed by atoms with Crippen molar-refractivity contribution in [2.45, 2.75) is 13.8 Å². The zero-order valence-corrected chi connectivity index (χ0v) is 15.4. The minimum atomic E-state index is -0.122. The molecule has 1 saturated heterocycles. The SMILES string of the molecule is CC(=O)N(CC(=O)N1CCN(c2cccc(C)c2)CC1)c1ccccc1. The predicted octanol–water partition coefficient (Wildman–Crippen LogP) is 2.70. The molecular weight excluding hydrogens is 326 g/mol. The monoisotopic (exact) mass is 351 g/mol. The van der Waals surface area contributed by atoms with Gasteiger partial charge in [-0.3, -0.25) is 9.59 Å². The van der Waals surface area contributed by atoms with E-state index >= 15 is 0 Å². The summed E-state index contributed by atoms with van der Waals surface area (Å²) in [5.74, 6) is -0.129. The average molecular weight is 351 g/mol. The first-order chi connectivity index (χ1) is 12.5. The van der Waals surface area contributed by atoms with Crippen LogP contribution in [0.5, 0.6) is 0 Å². The third-order valence-corrected chi connectivity index (χ3v) is 4.74. The summed E-state index contributed by atoms with van der Waals surface area (Å²) in [6, 6.07) is 17.8. The van der Waals surface area contributed by atoms with E-state index in [0.29, 0.717) is 13.1 Å². The van der Waals surface area contributed by atoms with Gasteiger partial charge in [-0.15, -0.1) is 0 Å². The van der Waals surface area contributed by atoms with Gasteiger partial charge in [0.2, 0.25) is 11.8 Å². The molecule has 0 aliphatic carbocycles. The van der Waals surface area contributed by atoms with Gasteiger partial charge in [0, 0.05) is 44.5 Å². The third-order valence-electron chi connectivity index (χ3n) is 4.74. The number of hydrogen-bond acceptors (Lipinski definition) is 3. The minimum absolute atomic E-state index is 0.00653. The average Bonchev–Trinajstić information content (AvgIpc) is 2.66. The number of amides is 2. The summed E-state index contributed by atoms with van der Waals surface area (Å²) in [6.45, 7) is 6.63. The van der Waals surface area contributed by atoms with Gasteiger partial charge < -0.3 is 14.7 Å². The summed E-state index contributed by atoms with van der Waals surface area (Å²) in [5.41, 5.74) is 3.19. The van der Waals surface area contributed by atoms with Gasteiger partial charge in [0.15, 0.2) is 0 Å². The van der Waals surface area contributed by atoms with Crippen molar-refractivity contribution >= 4 is 23.2 Å². The smallest absolute Gasteiger partial charge is 0.242 e. The lowest BCUT2D eigenvalue weighted by molar-refractivity contribution is -0.131. The fourth-order valence-electron chi connectivity index (χ4n) is 3.27. The maximum atomic E-state index is 12.7. The highest BCUT2D eigenvalue weighted by atomic mass is 16.2. The number of para-hydroxylation sites is 1. The van der Waals surface area contributed by atoms with E-state index in [1.807, 2.05) is 35.2 Å². The first-order valence-corrected chi connectivity index (χ1v) is 8.97. The molecule has 0 bridgehead atoms. The van der Waals surface area contributed by atoms with Crippen LogP contribution in [0.3, 0.4) is 0 Å². The van der Waals surface area contributed by atoms with Gasteiger partial charge in [-0.25, -0.2) is 0 Å². The molecule has 2 amide bonds. The van der Waals surface area contributed by atoms with Crippen molar-refractivity contribution in [3.05, 3.63) is 60.2 Å². The first kappa shape index (κ1) is 18.0. The second-order valence-corrected chi connectivity index (χ2v) is 6.65. The van der Waals surface area contributed by atoms with E-state index in [4.69, 9.17) is 0 Å². The van der Waals surface area contributed by atoms with Crippen molar-refractivity contribution in [2.75, 3.05) is 42.5 Å². The third kappa shape index (κ3) is 4.23. The lowest BCUT2D eigenvalue weighted by Gasteiger charge is -2.37. The fraction of sp³-hybridized carbons (Fsp3) is 0.333. The van der Waals surface area contributed by atoms with E-state index in [-0.39, 0.29) is 18.4 Å². The molecule has 1 aliphatic heterocycles. The number of rotatable bonds is 4. The maximum Gasteiger partial charge on any atom is 0.242 e. The van der Waals surface area contributed by atoms with Gasteiger partial charge in [0.1, 0.15) is 6.54 Å². The van der Waals surface area contributed by atoms with Crippen LogP contribution in [-0.2, 0) is 9.59 Å². The van der Waals surface area contributed by atoms with Crippen LogP contribution in [-0.4, -0.2) is 49.4 Å². The van der Waals surface area contributed by atoms with E-state index in [9.17, 15) is 9.59 Å². The summed E-state index contributed by atoms with van der Waals surface area (Å²) < 4.78 is 0. The predicted molar refractivity (Wildman–Crippen MR) is 104 cm³/mol. The van der Waals surface area contributed by atoms with E-state index in [0.717, 1.165) is 18.8 Å². The molecule has 1 aliphatic rings. The summed E-state index contributed by atoms with van der Waals surface area (Å²) in [4.78, 5) is 30.4. The summed E-state index contributed by atoms with van der Waals surface area (Å²) in [5, 5.41) is 0. The van der Waals surface area contributed by atoms with Crippen molar-refractivity contribution in [1.82, 2.24) is 4.90 Å². The van der Waals surface area contributed by atoms with Gasteiger partial charge in [0.25, 0.3) is 0 Å². The number of nitrogens with zero attached hydrogens (tertiary/aromatic N) is 3. The van der Waals surface area contributed by atoms with E-state index in [1.165, 1.54) is 23.1 Å². The summed E-state index contributed by atoms with van der Waals surface area (Å²) in [7, 11) is 0. The zero-order chi connectivity index (χ0) is 18.5. The van der Waals surface area contributed by atoms with Gasteiger partial charge in [-0.05, 0) is 36.8 Å². The molecule has 0 spiro atoms. The second-order valence-electron chi connectivity index (χ2n) is 6.65. The van der Waals surface area contributed by atoms with Crippen LogP contribution in [0.2, 0.25) is 0 Å². The van der Waals surface area contributed by atoms with Gasteiger partial charge in [-0.2, -0.15) is 0 Å². The molecule has 1 heterocycles. The van der Waals surface area contributed by atoms with Crippen LogP contribution in [0, 0.1) is 6.92 Å². The van der Waals surface area contributed by atoms with E-state index < -0.39 is 0 Å². The van der Waals surface area contributed by atoms with Crippen LogP contribution >= 0.6 is 0 Å². The molecule has 0 N–H and O–H groups in total. The Morgan fingerprint density at radius 2 is 1.65 bits per heavy atom. The standard InChI is InChI=1S/C21H25N3O2/c1-17-7-6-10-20(15-17)22-11-13-23(14-12-22)21(26)16-24(18(2)25)19-8-4-3-5-9-19/h3-10,15H,11-14,16H2,1-2H3. The molecule has 2 aromatic carbocycles. The normalized spacial score (nSPS) is 14.2. The van der Waals surface area contributed by atoms with Gasteiger partial charge in [0.05, 0.1) is 0 Å². The van der Waals surface area contributed by atoms with E-state index in [1.54, 1.807) is 0 Å². The number of piperazine rings is 1. The van der Waals surface area contributed by atoms with Gasteiger partial charge >= 0.3 is 0 Å². The first-order valence-electron chi connectivity index (χ1n) is 8.97. The molecule has 136 valence electrons. The highest BCUT2D eigenvalue weighted by Gasteiger charge is 2.24. The molecule has 0 unspecified atom stereocenters. The number of anilines is 2. The van der Waals surface area contributed by atoms with Crippen LogP contribution in [0.1, 0.15) is 12.5 Å². The minimum Gasteiger partial charge on any atom is -0.368 e. The van der Waals surface area contributed by atoms with Gasteiger partial charge in [-0.1, -0.05) is 30.3 Å². The lowest BCUT2D eigenvalue weighted by atomic mass is 10.2. The van der Waals surface area contributed by atoms with Crippen LogP contribution < -0.4 is 9.80 Å². The van der Waals surface area contributed by atoms with E-state index in [2.05, 4.69) is 36.1 Å². The fourth-order valence-corrected chi connectivity index (χ4v) is 3.27. The Balaban J connectivity index is 1.60. The molecule has 0 atom stereocenters. The Hall–Kier alpha value is -2.82. The molecule has 0 radical (unpaired) electrons. The number of carbonyl (C=O) groups excluding carboxylic acids is 2. The zero-order valence-electron chi connectivity index (χ0n) is 15.4. The Bertz CT molecular complexity index is 768. The molecule has 2 aromatic rings. The lowest BCUT2D eigenvalue weighted by Crippen LogP contribution is -2.51. The maximum absolute atomic E-state index is 12.7. The topological polar surface area (TPSA) is 43.9 Å². The van der Waals surface area contributed by atoms with Crippen molar-refractivity contribution in [1.29, 1.82) is 0 Å². The number of carbonyl (C=O) groups is 2. The molecule has 3 rings (SSSR count). The Morgan fingerprint density at radius 1 is 0.962 bits per heavy atom. The Labute approximate surface area is 154 Å². The highest BCUT2D eigenvalue weighted by molar-refractivity contribution is 5.97. The van der Waals surface area contributed by atoms with Crippen LogP contribution in [0.25, 0.3) is 0 Å². The van der Waals surface area contributed by atoms with Crippen molar-refractivity contribution in [3.8, 4) is 0 Å². The largest absolute Gasteiger partial charge is 0.368 e. The Morgan fingerprint density at radius 3 is 2.27 bits per heavy atom. The Kier molecular flexibility index (Phi) is 5.56. The van der Waals surface area contributed by atoms with Crippen molar-refractivity contribution < 1.29 is 9.59 Å². The van der Waals surface area contributed by atoms with Crippen LogP contribution in [0.4, 0.5) is 11.4 Å². The highest BCUT2D eigenvalue weighted by Crippen LogP contribution is 2.18. The molecule has 26 heavy (non-hydrogen) atoms. The molecular formula is C21H25N3O2. The molecule has 0 saturated carbocycles. The van der Waals surface area contributed by atoms with Crippen molar-refractivity contribution in [3.63, 3.8) is 0 Å². The second kappa shape index (κ2) is 8.04. The summed E-state index contributed by atoms with van der Waals surface area (Å²) in [6.07, 6.45) is 0. The van der Waals surface area contributed by atoms with Crippen LogP contribution in [0.15, 0.2) is 54.6 Å². The summed E-state index contributed by atoms with van der Waals surface area (Å²) >= 11 is 0.